The van der Waals surface area contributed by atoms with Crippen LogP contribution in [0.15, 0.2) is 12.3 Å². The number of hydrogen-bond acceptors (Lipinski definition) is 6. The summed E-state index contributed by atoms with van der Waals surface area (Å²) in [6.45, 7) is 5.51. The maximum absolute atomic E-state index is 12.1. The number of piperidine rings is 3. The van der Waals surface area contributed by atoms with Gasteiger partial charge < -0.3 is 20.7 Å². The van der Waals surface area contributed by atoms with Crippen LogP contribution in [0.5, 0.6) is 0 Å². The minimum absolute atomic E-state index is 0.340. The molecule has 3 saturated heterocycles. The van der Waals surface area contributed by atoms with Crippen LogP contribution in [0.4, 0.5) is 11.5 Å². The van der Waals surface area contributed by atoms with Gasteiger partial charge in [0.2, 0.25) is 0 Å². The van der Waals surface area contributed by atoms with Gasteiger partial charge in [0.1, 0.15) is 11.4 Å². The predicted molar refractivity (Wildman–Crippen MR) is 81.2 cm³/mol. The van der Waals surface area contributed by atoms with E-state index in [4.69, 9.17) is 10.5 Å². The van der Waals surface area contributed by atoms with E-state index < -0.39 is 0 Å². The van der Waals surface area contributed by atoms with E-state index in [9.17, 15) is 4.79 Å². The first-order valence-corrected chi connectivity index (χ1v) is 7.59. The molecule has 4 rings (SSSR count). The molecule has 3 fully saturated rings. The monoisotopic (exact) mass is 290 g/mol. The molecule has 0 aliphatic carbocycles. The minimum Gasteiger partial charge on any atom is -0.462 e. The zero-order valence-electron chi connectivity index (χ0n) is 12.3. The van der Waals surface area contributed by atoms with E-state index in [0.717, 1.165) is 6.54 Å². The first-order chi connectivity index (χ1) is 10.2. The van der Waals surface area contributed by atoms with Crippen LogP contribution in [0, 0.1) is 5.92 Å². The van der Waals surface area contributed by atoms with Gasteiger partial charge in [-0.15, -0.1) is 0 Å². The predicted octanol–water partition coefficient (Wildman–Crippen LogP) is 1.35. The number of carbonyl (C=O) groups excluding carboxylic acids is 1. The summed E-state index contributed by atoms with van der Waals surface area (Å²) in [6.07, 6.45) is 4.00. The molecule has 21 heavy (non-hydrogen) atoms. The summed E-state index contributed by atoms with van der Waals surface area (Å²) in [6, 6.07) is 1.98. The van der Waals surface area contributed by atoms with Gasteiger partial charge in [-0.3, -0.25) is 0 Å². The van der Waals surface area contributed by atoms with Crippen LogP contribution in [0.3, 0.4) is 0 Å². The molecule has 1 unspecified atom stereocenters. The van der Waals surface area contributed by atoms with Crippen LogP contribution in [0.25, 0.3) is 0 Å². The van der Waals surface area contributed by atoms with Gasteiger partial charge in [0.15, 0.2) is 0 Å². The fourth-order valence-corrected chi connectivity index (χ4v) is 3.26. The number of fused-ring (bicyclic) bond motifs is 3. The van der Waals surface area contributed by atoms with Gasteiger partial charge in [-0.2, -0.15) is 0 Å². The van der Waals surface area contributed by atoms with Crippen molar-refractivity contribution in [2.24, 2.45) is 5.92 Å². The van der Waals surface area contributed by atoms with Gasteiger partial charge in [-0.1, -0.05) is 0 Å². The SMILES string of the molecule is CCOC(=O)c1cc(N)cnc1NC1CN2CCC1CC2. The fraction of sp³-hybridized carbons (Fsp3) is 0.600. The average molecular weight is 290 g/mol. The molecule has 0 spiro atoms. The van der Waals surface area contributed by atoms with Crippen LogP contribution in [-0.2, 0) is 4.74 Å². The maximum atomic E-state index is 12.1. The maximum Gasteiger partial charge on any atom is 0.341 e. The van der Waals surface area contributed by atoms with E-state index in [-0.39, 0.29) is 5.97 Å². The number of esters is 1. The number of aromatic nitrogens is 1. The standard InChI is InChI=1S/C15H22N4O2/c1-2-21-15(20)12-7-11(16)8-17-14(12)18-13-9-19-5-3-10(13)4-6-19/h7-8,10,13H,2-6,9,16H2,1H3,(H,17,18). The van der Waals surface area contributed by atoms with Gasteiger partial charge >= 0.3 is 5.97 Å². The molecule has 1 aromatic rings. The number of hydrogen-bond donors (Lipinski definition) is 2. The number of ether oxygens (including phenoxy) is 1. The summed E-state index contributed by atoms with van der Waals surface area (Å²) >= 11 is 0. The van der Waals surface area contributed by atoms with E-state index >= 15 is 0 Å². The molecule has 3 aliphatic heterocycles. The Morgan fingerprint density at radius 1 is 1.52 bits per heavy atom. The first-order valence-electron chi connectivity index (χ1n) is 7.59. The van der Waals surface area contributed by atoms with Crippen LogP contribution < -0.4 is 11.1 Å². The lowest BCUT2D eigenvalue weighted by molar-refractivity contribution is 0.0526. The third kappa shape index (κ3) is 2.95. The molecule has 6 heteroatoms. The highest BCUT2D eigenvalue weighted by molar-refractivity contribution is 5.95. The van der Waals surface area contributed by atoms with Crippen molar-refractivity contribution in [1.82, 2.24) is 9.88 Å². The number of rotatable bonds is 4. The van der Waals surface area contributed by atoms with Gasteiger partial charge in [0, 0.05) is 12.6 Å². The molecule has 4 heterocycles. The topological polar surface area (TPSA) is 80.5 Å². The lowest BCUT2D eigenvalue weighted by atomic mass is 9.84. The van der Waals surface area contributed by atoms with Crippen LogP contribution in [0.2, 0.25) is 0 Å². The summed E-state index contributed by atoms with van der Waals surface area (Å²) in [7, 11) is 0. The van der Waals surface area contributed by atoms with Crippen LogP contribution in [0.1, 0.15) is 30.1 Å². The highest BCUT2D eigenvalue weighted by atomic mass is 16.5. The Kier molecular flexibility index (Phi) is 3.96. The summed E-state index contributed by atoms with van der Waals surface area (Å²) < 4.78 is 5.09. The normalized spacial score (nSPS) is 27.4. The van der Waals surface area contributed by atoms with E-state index in [1.54, 1.807) is 19.2 Å². The van der Waals surface area contributed by atoms with Crippen molar-refractivity contribution in [3.63, 3.8) is 0 Å². The van der Waals surface area contributed by atoms with E-state index in [0.29, 0.717) is 35.6 Å². The molecule has 0 aromatic carbocycles. The smallest absolute Gasteiger partial charge is 0.341 e. The lowest BCUT2D eigenvalue weighted by Gasteiger charge is -2.45. The minimum atomic E-state index is -0.374. The van der Waals surface area contributed by atoms with Crippen molar-refractivity contribution in [2.75, 3.05) is 37.3 Å². The number of anilines is 2. The molecule has 0 radical (unpaired) electrons. The molecular formula is C15H22N4O2. The molecule has 0 amide bonds. The van der Waals surface area contributed by atoms with Crippen molar-refractivity contribution in [3.05, 3.63) is 17.8 Å². The Hall–Kier alpha value is -1.82. The average Bonchev–Trinajstić information content (AvgIpc) is 2.50. The van der Waals surface area contributed by atoms with E-state index in [1.165, 1.54) is 25.9 Å². The number of carbonyl (C=O) groups is 1. The third-order valence-electron chi connectivity index (χ3n) is 4.38. The van der Waals surface area contributed by atoms with Gasteiger partial charge in [-0.05, 0) is 44.8 Å². The van der Waals surface area contributed by atoms with Gasteiger partial charge in [0.05, 0.1) is 18.5 Å². The quantitative estimate of drug-likeness (QED) is 0.815. The van der Waals surface area contributed by atoms with Crippen molar-refractivity contribution in [1.29, 1.82) is 0 Å². The highest BCUT2D eigenvalue weighted by Crippen LogP contribution is 2.30. The van der Waals surface area contributed by atoms with Crippen LogP contribution in [-0.4, -0.2) is 48.1 Å². The van der Waals surface area contributed by atoms with Gasteiger partial charge in [0.25, 0.3) is 0 Å². The first kappa shape index (κ1) is 14.1. The van der Waals surface area contributed by atoms with E-state index in [2.05, 4.69) is 15.2 Å². The summed E-state index contributed by atoms with van der Waals surface area (Å²) in [4.78, 5) is 18.8. The number of nitrogens with zero attached hydrogens (tertiary/aromatic N) is 2. The second-order valence-electron chi connectivity index (χ2n) is 5.77. The number of pyridine rings is 1. The second-order valence-corrected chi connectivity index (χ2v) is 5.77. The Morgan fingerprint density at radius 2 is 2.29 bits per heavy atom. The third-order valence-corrected chi connectivity index (χ3v) is 4.38. The molecule has 1 atom stereocenters. The van der Waals surface area contributed by atoms with Crippen LogP contribution >= 0.6 is 0 Å². The zero-order chi connectivity index (χ0) is 14.8. The molecular weight excluding hydrogens is 268 g/mol. The molecule has 1 aromatic heterocycles. The van der Waals surface area contributed by atoms with E-state index in [1.807, 2.05) is 0 Å². The fourth-order valence-electron chi connectivity index (χ4n) is 3.26. The van der Waals surface area contributed by atoms with Crippen molar-refractivity contribution < 1.29 is 9.53 Å². The van der Waals surface area contributed by atoms with Crippen molar-refractivity contribution in [2.45, 2.75) is 25.8 Å². The largest absolute Gasteiger partial charge is 0.462 e. The Bertz CT molecular complexity index is 526. The molecule has 114 valence electrons. The Labute approximate surface area is 124 Å². The van der Waals surface area contributed by atoms with Crippen molar-refractivity contribution >= 4 is 17.5 Å². The highest BCUT2D eigenvalue weighted by Gasteiger charge is 2.34. The Balaban J connectivity index is 1.80. The van der Waals surface area contributed by atoms with Gasteiger partial charge in [-0.25, -0.2) is 9.78 Å². The number of nitrogen functional groups attached to an aromatic ring is 1. The van der Waals surface area contributed by atoms with Crippen molar-refractivity contribution in [3.8, 4) is 0 Å². The second kappa shape index (κ2) is 5.89. The molecule has 3 aliphatic rings. The molecule has 2 bridgehead atoms. The summed E-state index contributed by atoms with van der Waals surface area (Å²) in [5.74, 6) is 0.867. The molecule has 0 saturated carbocycles. The molecule has 3 N–H and O–H groups in total. The Morgan fingerprint density at radius 3 is 2.90 bits per heavy atom. The lowest BCUT2D eigenvalue weighted by Crippen LogP contribution is -2.53. The molecule has 6 nitrogen and oxygen atoms in total. The summed E-state index contributed by atoms with van der Waals surface area (Å²) in [5.41, 5.74) is 6.64. The summed E-state index contributed by atoms with van der Waals surface area (Å²) in [5, 5.41) is 3.44. The number of nitrogens with one attached hydrogen (secondary N) is 1. The number of nitrogens with two attached hydrogens (primary N) is 1. The zero-order valence-corrected chi connectivity index (χ0v) is 12.3.